The van der Waals surface area contributed by atoms with Gasteiger partial charge in [-0.05, 0) is 24.6 Å². The van der Waals surface area contributed by atoms with Gasteiger partial charge >= 0.3 is 6.03 Å². The van der Waals surface area contributed by atoms with Crippen molar-refractivity contribution in [2.75, 3.05) is 13.2 Å². The first-order valence-electron chi connectivity index (χ1n) is 6.60. The highest BCUT2D eigenvalue weighted by Gasteiger charge is 2.11. The highest BCUT2D eigenvalue weighted by atomic mass is 35.5. The SMILES string of the molecule is CC(C)CNCc1c(Cl)cccc1OCC(=O)NC(N)=O. The number of ether oxygens (including phenoxy) is 1. The molecule has 1 aromatic rings. The van der Waals surface area contributed by atoms with Crippen molar-refractivity contribution in [1.82, 2.24) is 10.6 Å². The van der Waals surface area contributed by atoms with Gasteiger partial charge in [-0.3, -0.25) is 10.1 Å². The molecule has 1 aromatic carbocycles. The molecule has 4 N–H and O–H groups in total. The van der Waals surface area contributed by atoms with Crippen LogP contribution in [-0.2, 0) is 11.3 Å². The van der Waals surface area contributed by atoms with Crippen LogP contribution >= 0.6 is 11.6 Å². The Kier molecular flexibility index (Phi) is 6.98. The molecule has 0 bridgehead atoms. The Bertz CT molecular complexity index is 506. The van der Waals surface area contributed by atoms with Gasteiger partial charge in [-0.25, -0.2) is 4.79 Å². The van der Waals surface area contributed by atoms with Crippen LogP contribution in [0.4, 0.5) is 4.79 Å². The average Bonchev–Trinajstić information content (AvgIpc) is 2.37. The highest BCUT2D eigenvalue weighted by molar-refractivity contribution is 6.31. The van der Waals surface area contributed by atoms with E-state index in [1.807, 2.05) is 5.32 Å². The second kappa shape index (κ2) is 8.49. The Hall–Kier alpha value is -1.79. The number of imide groups is 1. The van der Waals surface area contributed by atoms with Crippen molar-refractivity contribution in [1.29, 1.82) is 0 Å². The zero-order chi connectivity index (χ0) is 15.8. The molecule has 21 heavy (non-hydrogen) atoms. The number of hydrogen-bond donors (Lipinski definition) is 3. The summed E-state index contributed by atoms with van der Waals surface area (Å²) in [5.41, 5.74) is 5.62. The normalized spacial score (nSPS) is 10.5. The first kappa shape index (κ1) is 17.3. The van der Waals surface area contributed by atoms with E-state index < -0.39 is 11.9 Å². The lowest BCUT2D eigenvalue weighted by Crippen LogP contribution is -2.38. The van der Waals surface area contributed by atoms with Crippen LogP contribution in [0.2, 0.25) is 5.02 Å². The number of nitrogens with two attached hydrogens (primary N) is 1. The van der Waals surface area contributed by atoms with Crippen molar-refractivity contribution in [3.8, 4) is 5.75 Å². The topological polar surface area (TPSA) is 93.4 Å². The van der Waals surface area contributed by atoms with Gasteiger partial charge in [-0.1, -0.05) is 31.5 Å². The molecular formula is C14H20ClN3O3. The molecule has 0 heterocycles. The molecule has 0 spiro atoms. The molecule has 0 radical (unpaired) electrons. The minimum Gasteiger partial charge on any atom is -0.483 e. The Morgan fingerprint density at radius 3 is 2.71 bits per heavy atom. The van der Waals surface area contributed by atoms with Gasteiger partial charge in [0.25, 0.3) is 5.91 Å². The number of nitrogens with one attached hydrogen (secondary N) is 2. The van der Waals surface area contributed by atoms with Crippen molar-refractivity contribution in [2.24, 2.45) is 11.7 Å². The summed E-state index contributed by atoms with van der Waals surface area (Å²) in [5, 5.41) is 5.75. The number of halogens is 1. The van der Waals surface area contributed by atoms with Crippen LogP contribution in [0.15, 0.2) is 18.2 Å². The van der Waals surface area contributed by atoms with Gasteiger partial charge in [-0.15, -0.1) is 0 Å². The molecule has 0 aliphatic carbocycles. The molecular weight excluding hydrogens is 294 g/mol. The number of carbonyl (C=O) groups is 2. The standard InChI is InChI=1S/C14H20ClN3O3/c1-9(2)6-17-7-10-11(15)4-3-5-12(10)21-8-13(19)18-14(16)20/h3-5,9,17H,6-8H2,1-2H3,(H3,16,18,19,20). The van der Waals surface area contributed by atoms with Crippen LogP contribution in [-0.4, -0.2) is 25.1 Å². The minimum atomic E-state index is -0.909. The minimum absolute atomic E-state index is 0.305. The quantitative estimate of drug-likeness (QED) is 0.713. The second-order valence-electron chi connectivity index (χ2n) is 4.94. The Labute approximate surface area is 129 Å². The first-order valence-corrected chi connectivity index (χ1v) is 6.98. The van der Waals surface area contributed by atoms with Gasteiger partial charge in [-0.2, -0.15) is 0 Å². The van der Waals surface area contributed by atoms with Crippen LogP contribution in [0, 0.1) is 5.92 Å². The molecule has 3 amide bonds. The molecule has 0 saturated heterocycles. The lowest BCUT2D eigenvalue weighted by atomic mass is 10.1. The molecule has 0 unspecified atom stereocenters. The molecule has 0 aliphatic rings. The largest absolute Gasteiger partial charge is 0.483 e. The third-order valence-electron chi connectivity index (χ3n) is 2.55. The molecule has 1 rings (SSSR count). The zero-order valence-corrected chi connectivity index (χ0v) is 12.9. The van der Waals surface area contributed by atoms with E-state index >= 15 is 0 Å². The molecule has 6 nitrogen and oxygen atoms in total. The number of rotatable bonds is 7. The zero-order valence-electron chi connectivity index (χ0n) is 12.1. The Balaban J connectivity index is 2.66. The summed E-state index contributed by atoms with van der Waals surface area (Å²) in [6.07, 6.45) is 0. The Morgan fingerprint density at radius 2 is 2.10 bits per heavy atom. The average molecular weight is 314 g/mol. The van der Waals surface area contributed by atoms with Crippen molar-refractivity contribution in [2.45, 2.75) is 20.4 Å². The van der Waals surface area contributed by atoms with E-state index in [0.29, 0.717) is 23.2 Å². The highest BCUT2D eigenvalue weighted by Crippen LogP contribution is 2.26. The summed E-state index contributed by atoms with van der Waals surface area (Å²) in [6, 6.07) is 4.30. The van der Waals surface area contributed by atoms with Gasteiger partial charge in [0.2, 0.25) is 0 Å². The van der Waals surface area contributed by atoms with Crippen LogP contribution in [0.25, 0.3) is 0 Å². The fraction of sp³-hybridized carbons (Fsp3) is 0.429. The summed E-state index contributed by atoms with van der Waals surface area (Å²) in [5.74, 6) is 0.403. The van der Waals surface area contributed by atoms with E-state index in [1.165, 1.54) is 0 Å². The van der Waals surface area contributed by atoms with Crippen molar-refractivity contribution in [3.63, 3.8) is 0 Å². The molecule has 0 atom stereocenters. The fourth-order valence-electron chi connectivity index (χ4n) is 1.65. The molecule has 0 aliphatic heterocycles. The smallest absolute Gasteiger partial charge is 0.318 e. The first-order chi connectivity index (χ1) is 9.90. The number of urea groups is 1. The number of benzene rings is 1. The van der Waals surface area contributed by atoms with Crippen molar-refractivity contribution >= 4 is 23.5 Å². The monoisotopic (exact) mass is 313 g/mol. The van der Waals surface area contributed by atoms with Crippen LogP contribution < -0.4 is 21.1 Å². The molecule has 0 aromatic heterocycles. The molecule has 0 saturated carbocycles. The predicted molar refractivity (Wildman–Crippen MR) is 81.2 cm³/mol. The van der Waals surface area contributed by atoms with E-state index in [4.69, 9.17) is 22.1 Å². The second-order valence-corrected chi connectivity index (χ2v) is 5.35. The lowest BCUT2D eigenvalue weighted by molar-refractivity contribution is -0.121. The molecule has 7 heteroatoms. The Morgan fingerprint density at radius 1 is 1.38 bits per heavy atom. The maximum absolute atomic E-state index is 11.3. The maximum Gasteiger partial charge on any atom is 0.318 e. The fourth-order valence-corrected chi connectivity index (χ4v) is 1.88. The van der Waals surface area contributed by atoms with Crippen LogP contribution in [0.1, 0.15) is 19.4 Å². The molecule has 116 valence electrons. The third-order valence-corrected chi connectivity index (χ3v) is 2.91. The van der Waals surface area contributed by atoms with Crippen LogP contribution in [0.3, 0.4) is 0 Å². The van der Waals surface area contributed by atoms with Gasteiger partial charge in [0.1, 0.15) is 5.75 Å². The number of primary amides is 1. The van der Waals surface area contributed by atoms with E-state index in [-0.39, 0.29) is 6.61 Å². The summed E-state index contributed by atoms with van der Waals surface area (Å²) in [6.45, 7) is 5.27. The summed E-state index contributed by atoms with van der Waals surface area (Å²) >= 11 is 6.15. The van der Waals surface area contributed by atoms with Gasteiger partial charge in [0.05, 0.1) is 0 Å². The van der Waals surface area contributed by atoms with Gasteiger partial charge < -0.3 is 15.8 Å². The number of amides is 3. The van der Waals surface area contributed by atoms with E-state index in [2.05, 4.69) is 19.2 Å². The van der Waals surface area contributed by atoms with Crippen molar-refractivity contribution < 1.29 is 14.3 Å². The summed E-state index contributed by atoms with van der Waals surface area (Å²) in [7, 11) is 0. The summed E-state index contributed by atoms with van der Waals surface area (Å²) < 4.78 is 5.39. The van der Waals surface area contributed by atoms with E-state index in [0.717, 1.165) is 12.1 Å². The maximum atomic E-state index is 11.3. The lowest BCUT2D eigenvalue weighted by Gasteiger charge is -2.14. The van der Waals surface area contributed by atoms with E-state index in [9.17, 15) is 9.59 Å². The van der Waals surface area contributed by atoms with E-state index in [1.54, 1.807) is 18.2 Å². The van der Waals surface area contributed by atoms with Gasteiger partial charge in [0, 0.05) is 17.1 Å². The predicted octanol–water partition coefficient (Wildman–Crippen LogP) is 1.66. The number of hydrogen-bond acceptors (Lipinski definition) is 4. The van der Waals surface area contributed by atoms with Crippen molar-refractivity contribution in [3.05, 3.63) is 28.8 Å². The van der Waals surface area contributed by atoms with Gasteiger partial charge in [0.15, 0.2) is 6.61 Å². The third kappa shape index (κ3) is 6.46. The summed E-state index contributed by atoms with van der Waals surface area (Å²) in [4.78, 5) is 21.9. The number of carbonyl (C=O) groups excluding carboxylic acids is 2. The molecule has 0 fully saturated rings. The van der Waals surface area contributed by atoms with Crippen LogP contribution in [0.5, 0.6) is 5.75 Å².